The Bertz CT molecular complexity index is 681. The number of carbonyl (C=O) groups is 1. The van der Waals surface area contributed by atoms with Gasteiger partial charge < -0.3 is 9.80 Å². The van der Waals surface area contributed by atoms with Crippen molar-refractivity contribution < 1.29 is 4.79 Å². The van der Waals surface area contributed by atoms with E-state index in [1.807, 2.05) is 23.2 Å². The van der Waals surface area contributed by atoms with Crippen LogP contribution < -0.4 is 4.90 Å². The second-order valence-electron chi connectivity index (χ2n) is 6.15. The van der Waals surface area contributed by atoms with E-state index in [4.69, 9.17) is 0 Å². The van der Waals surface area contributed by atoms with E-state index in [0.29, 0.717) is 6.04 Å². The summed E-state index contributed by atoms with van der Waals surface area (Å²) in [6, 6.07) is 8.19. The molecule has 0 saturated carbocycles. The van der Waals surface area contributed by atoms with Crippen molar-refractivity contribution >= 4 is 11.7 Å². The molecule has 0 radical (unpaired) electrons. The fraction of sp³-hybridized carbons (Fsp3) is 0.412. The second kappa shape index (κ2) is 6.52. The Labute approximate surface area is 140 Å². The molecule has 2 aromatic rings. The molecule has 0 N–H and O–H groups in total. The number of rotatable bonds is 3. The number of anilines is 1. The molecule has 4 heterocycles. The van der Waals surface area contributed by atoms with Crippen LogP contribution in [-0.4, -0.2) is 76.0 Å². The Morgan fingerprint density at radius 2 is 1.62 bits per heavy atom. The van der Waals surface area contributed by atoms with Gasteiger partial charge in [0.15, 0.2) is 0 Å². The van der Waals surface area contributed by atoms with Crippen LogP contribution in [-0.2, 0) is 0 Å². The van der Waals surface area contributed by atoms with Gasteiger partial charge in [0.1, 0.15) is 5.82 Å². The first-order chi connectivity index (χ1) is 11.8. The Hall–Kier alpha value is -2.54. The maximum absolute atomic E-state index is 12.3. The molecule has 7 heteroatoms. The SMILES string of the molecule is O=C(c1ncccn1)N1CC(N2CCN(c3ccccn3)CC2)C1. The van der Waals surface area contributed by atoms with Gasteiger partial charge in [-0.25, -0.2) is 15.0 Å². The summed E-state index contributed by atoms with van der Waals surface area (Å²) in [6.45, 7) is 5.49. The fourth-order valence-electron chi connectivity index (χ4n) is 3.26. The van der Waals surface area contributed by atoms with Crippen LogP contribution in [0.2, 0.25) is 0 Å². The van der Waals surface area contributed by atoms with E-state index in [9.17, 15) is 4.79 Å². The summed E-state index contributed by atoms with van der Waals surface area (Å²) >= 11 is 0. The van der Waals surface area contributed by atoms with Gasteiger partial charge in [0, 0.05) is 63.9 Å². The van der Waals surface area contributed by atoms with Gasteiger partial charge in [-0.05, 0) is 18.2 Å². The van der Waals surface area contributed by atoms with Crippen LogP contribution in [0, 0.1) is 0 Å². The van der Waals surface area contributed by atoms with Gasteiger partial charge in [-0.2, -0.15) is 0 Å². The number of aromatic nitrogens is 3. The monoisotopic (exact) mass is 324 g/mol. The topological polar surface area (TPSA) is 65.5 Å². The highest BCUT2D eigenvalue weighted by Gasteiger charge is 2.37. The molecule has 2 aliphatic rings. The molecule has 0 bridgehead atoms. The normalized spacial score (nSPS) is 19.2. The van der Waals surface area contributed by atoms with E-state index in [-0.39, 0.29) is 11.7 Å². The van der Waals surface area contributed by atoms with E-state index >= 15 is 0 Å². The number of likely N-dealkylation sites (tertiary alicyclic amines) is 1. The van der Waals surface area contributed by atoms with E-state index in [1.165, 1.54) is 0 Å². The molecule has 7 nitrogen and oxygen atoms in total. The lowest BCUT2D eigenvalue weighted by Crippen LogP contribution is -2.64. The molecule has 124 valence electrons. The highest BCUT2D eigenvalue weighted by atomic mass is 16.2. The number of hydrogen-bond acceptors (Lipinski definition) is 6. The van der Waals surface area contributed by atoms with Gasteiger partial charge in [-0.3, -0.25) is 9.69 Å². The van der Waals surface area contributed by atoms with Crippen LogP contribution >= 0.6 is 0 Å². The summed E-state index contributed by atoms with van der Waals surface area (Å²) in [5.41, 5.74) is 0. The molecule has 2 saturated heterocycles. The highest BCUT2D eigenvalue weighted by Crippen LogP contribution is 2.20. The molecule has 0 unspecified atom stereocenters. The predicted octanol–water partition coefficient (Wildman–Crippen LogP) is 0.518. The predicted molar refractivity (Wildman–Crippen MR) is 89.7 cm³/mol. The Kier molecular flexibility index (Phi) is 4.08. The van der Waals surface area contributed by atoms with E-state index < -0.39 is 0 Å². The van der Waals surface area contributed by atoms with Crippen LogP contribution in [0.3, 0.4) is 0 Å². The van der Waals surface area contributed by atoms with Gasteiger partial charge in [-0.15, -0.1) is 0 Å². The van der Waals surface area contributed by atoms with Crippen LogP contribution in [0.15, 0.2) is 42.9 Å². The minimum Gasteiger partial charge on any atom is -0.354 e. The minimum atomic E-state index is -0.0704. The molecule has 2 aliphatic heterocycles. The standard InChI is InChI=1S/C17H20N6O/c24-17(16-19-6-3-7-20-16)23-12-14(13-23)21-8-10-22(11-9-21)15-4-1-2-5-18-15/h1-7,14H,8-13H2. The molecular formula is C17H20N6O. The van der Waals surface area contributed by atoms with Crippen molar-refractivity contribution in [3.63, 3.8) is 0 Å². The van der Waals surface area contributed by atoms with Gasteiger partial charge in [-0.1, -0.05) is 6.07 Å². The molecule has 0 atom stereocenters. The summed E-state index contributed by atoms with van der Waals surface area (Å²) in [4.78, 5) is 31.3. The van der Waals surface area contributed by atoms with E-state index in [2.05, 4.69) is 30.8 Å². The average Bonchev–Trinajstić information content (AvgIpc) is 2.62. The van der Waals surface area contributed by atoms with E-state index in [0.717, 1.165) is 45.1 Å². The van der Waals surface area contributed by atoms with Crippen molar-refractivity contribution in [3.8, 4) is 0 Å². The van der Waals surface area contributed by atoms with Crippen molar-refractivity contribution in [2.75, 3.05) is 44.2 Å². The first kappa shape index (κ1) is 15.0. The van der Waals surface area contributed by atoms with Gasteiger partial charge in [0.2, 0.25) is 5.82 Å². The number of nitrogens with zero attached hydrogens (tertiary/aromatic N) is 6. The largest absolute Gasteiger partial charge is 0.354 e. The van der Waals surface area contributed by atoms with E-state index in [1.54, 1.807) is 18.5 Å². The van der Waals surface area contributed by atoms with Crippen molar-refractivity contribution in [1.29, 1.82) is 0 Å². The van der Waals surface area contributed by atoms with Crippen LogP contribution in [0.5, 0.6) is 0 Å². The third kappa shape index (κ3) is 2.94. The zero-order valence-corrected chi connectivity index (χ0v) is 13.5. The third-order valence-corrected chi connectivity index (χ3v) is 4.71. The van der Waals surface area contributed by atoms with Crippen LogP contribution in [0.1, 0.15) is 10.6 Å². The molecule has 2 aromatic heterocycles. The lowest BCUT2D eigenvalue weighted by atomic mass is 10.1. The molecule has 0 aromatic carbocycles. The maximum atomic E-state index is 12.3. The number of piperazine rings is 1. The smallest absolute Gasteiger partial charge is 0.291 e. The summed E-state index contributed by atoms with van der Waals surface area (Å²) in [5.74, 6) is 1.26. The zero-order chi connectivity index (χ0) is 16.4. The number of amides is 1. The minimum absolute atomic E-state index is 0.0704. The van der Waals surface area contributed by atoms with Crippen molar-refractivity contribution in [1.82, 2.24) is 24.8 Å². The lowest BCUT2D eigenvalue weighted by Gasteiger charge is -2.48. The number of pyridine rings is 1. The quantitative estimate of drug-likeness (QED) is 0.820. The number of hydrogen-bond donors (Lipinski definition) is 0. The summed E-state index contributed by atoms with van der Waals surface area (Å²) in [5, 5.41) is 0. The van der Waals surface area contributed by atoms with Gasteiger partial charge >= 0.3 is 0 Å². The molecule has 0 aliphatic carbocycles. The number of carbonyl (C=O) groups excluding carboxylic acids is 1. The Morgan fingerprint density at radius 3 is 2.29 bits per heavy atom. The summed E-state index contributed by atoms with van der Waals surface area (Å²) in [7, 11) is 0. The highest BCUT2D eigenvalue weighted by molar-refractivity contribution is 5.91. The first-order valence-corrected chi connectivity index (χ1v) is 8.27. The molecule has 0 spiro atoms. The third-order valence-electron chi connectivity index (χ3n) is 4.71. The zero-order valence-electron chi connectivity index (χ0n) is 13.5. The Balaban J connectivity index is 1.27. The molecule has 1 amide bonds. The fourth-order valence-corrected chi connectivity index (χ4v) is 3.26. The Morgan fingerprint density at radius 1 is 0.917 bits per heavy atom. The average molecular weight is 324 g/mol. The van der Waals surface area contributed by atoms with Crippen molar-refractivity contribution in [3.05, 3.63) is 48.7 Å². The molecule has 24 heavy (non-hydrogen) atoms. The first-order valence-electron chi connectivity index (χ1n) is 8.27. The summed E-state index contributed by atoms with van der Waals surface area (Å²) < 4.78 is 0. The van der Waals surface area contributed by atoms with Crippen molar-refractivity contribution in [2.24, 2.45) is 0 Å². The van der Waals surface area contributed by atoms with Crippen LogP contribution in [0.25, 0.3) is 0 Å². The molecular weight excluding hydrogens is 304 g/mol. The van der Waals surface area contributed by atoms with Gasteiger partial charge in [0.25, 0.3) is 5.91 Å². The maximum Gasteiger partial charge on any atom is 0.291 e. The molecule has 4 rings (SSSR count). The lowest BCUT2D eigenvalue weighted by molar-refractivity contribution is 0.0237. The van der Waals surface area contributed by atoms with Crippen molar-refractivity contribution in [2.45, 2.75) is 6.04 Å². The molecule has 2 fully saturated rings. The van der Waals surface area contributed by atoms with Crippen LogP contribution in [0.4, 0.5) is 5.82 Å². The second-order valence-corrected chi connectivity index (χ2v) is 6.15. The summed E-state index contributed by atoms with van der Waals surface area (Å²) in [6.07, 6.45) is 5.05. The van der Waals surface area contributed by atoms with Gasteiger partial charge in [0.05, 0.1) is 0 Å².